The first kappa shape index (κ1) is 17.6. The van der Waals surface area contributed by atoms with Crippen LogP contribution in [0.5, 0.6) is 0 Å². The molecule has 2 heterocycles. The molecule has 2 atom stereocenters. The molecule has 1 saturated heterocycles. The van der Waals surface area contributed by atoms with E-state index in [-0.39, 0.29) is 23.8 Å². The maximum absolute atomic E-state index is 13.2. The van der Waals surface area contributed by atoms with Crippen molar-refractivity contribution in [2.24, 2.45) is 5.73 Å². The Kier molecular flexibility index (Phi) is 4.14. The summed E-state index contributed by atoms with van der Waals surface area (Å²) < 4.78 is 15.0. The summed E-state index contributed by atoms with van der Waals surface area (Å²) >= 11 is 0. The van der Waals surface area contributed by atoms with Crippen LogP contribution in [0.15, 0.2) is 79.0 Å². The maximum atomic E-state index is 13.2. The Hall–Kier alpha value is -3.51. The number of amides is 1. The fraction of sp³-hybridized carbons (Fsp3) is 0.130. The van der Waals surface area contributed by atoms with E-state index < -0.39 is 0 Å². The van der Waals surface area contributed by atoms with Gasteiger partial charge in [0.05, 0.1) is 23.4 Å². The summed E-state index contributed by atoms with van der Waals surface area (Å²) in [5.41, 5.74) is 9.80. The van der Waals surface area contributed by atoms with Crippen molar-refractivity contribution in [2.75, 3.05) is 4.90 Å². The molecular weight excluding hydrogens is 367 g/mol. The number of carbonyl (C=O) groups excluding carboxylic acids is 1. The number of hydrogen-bond acceptors (Lipinski definition) is 3. The molecule has 5 rings (SSSR count). The SMILES string of the molecule is N[C@H]1CC(=O)N(c2ccc3c(cnn3-c3ccc(F)cc3)c2)[C@@H]1c1ccccc1. The first-order valence-corrected chi connectivity index (χ1v) is 9.48. The van der Waals surface area contributed by atoms with Gasteiger partial charge in [0.2, 0.25) is 5.91 Å². The molecule has 3 aromatic carbocycles. The van der Waals surface area contributed by atoms with Gasteiger partial charge >= 0.3 is 0 Å². The summed E-state index contributed by atoms with van der Waals surface area (Å²) in [6.07, 6.45) is 2.06. The standard InChI is InChI=1S/C23H19FN4O/c24-17-6-8-18(9-7-17)28-21-11-10-19(12-16(21)14-26-28)27-22(29)13-20(25)23(27)15-4-2-1-3-5-15/h1-12,14,20,23H,13,25H2/t20-,23+/m0/s1. The average Bonchev–Trinajstić information content (AvgIpc) is 3.28. The molecule has 0 radical (unpaired) electrons. The monoisotopic (exact) mass is 386 g/mol. The zero-order valence-electron chi connectivity index (χ0n) is 15.6. The van der Waals surface area contributed by atoms with Crippen LogP contribution in [0.3, 0.4) is 0 Å². The third-order valence-corrected chi connectivity index (χ3v) is 5.40. The molecule has 1 fully saturated rings. The van der Waals surface area contributed by atoms with Crippen LogP contribution in [-0.2, 0) is 4.79 Å². The first-order chi connectivity index (χ1) is 14.1. The van der Waals surface area contributed by atoms with Crippen molar-refractivity contribution in [1.82, 2.24) is 9.78 Å². The number of fused-ring (bicyclic) bond motifs is 1. The molecule has 144 valence electrons. The van der Waals surface area contributed by atoms with Crippen LogP contribution in [0.1, 0.15) is 18.0 Å². The molecule has 6 heteroatoms. The first-order valence-electron chi connectivity index (χ1n) is 9.48. The van der Waals surface area contributed by atoms with E-state index in [1.807, 2.05) is 48.5 Å². The number of rotatable bonds is 3. The molecule has 0 saturated carbocycles. The fourth-order valence-electron chi connectivity index (χ4n) is 4.07. The Morgan fingerprint density at radius 3 is 2.45 bits per heavy atom. The van der Waals surface area contributed by atoms with Gasteiger partial charge in [-0.1, -0.05) is 30.3 Å². The van der Waals surface area contributed by atoms with Gasteiger partial charge in [0, 0.05) is 23.5 Å². The molecule has 2 N–H and O–H groups in total. The van der Waals surface area contributed by atoms with Gasteiger partial charge in [-0.05, 0) is 48.0 Å². The van der Waals surface area contributed by atoms with E-state index >= 15 is 0 Å². The van der Waals surface area contributed by atoms with Crippen molar-refractivity contribution in [3.8, 4) is 5.69 Å². The lowest BCUT2D eigenvalue weighted by Gasteiger charge is -2.27. The highest BCUT2D eigenvalue weighted by Crippen LogP contribution is 2.37. The van der Waals surface area contributed by atoms with Crippen molar-refractivity contribution in [3.05, 3.63) is 90.4 Å². The summed E-state index contributed by atoms with van der Waals surface area (Å²) in [6, 6.07) is 21.4. The predicted octanol–water partition coefficient (Wildman–Crippen LogP) is 3.97. The lowest BCUT2D eigenvalue weighted by atomic mass is 10.0. The van der Waals surface area contributed by atoms with Gasteiger partial charge in [0.1, 0.15) is 5.82 Å². The van der Waals surface area contributed by atoms with Crippen molar-refractivity contribution < 1.29 is 9.18 Å². The van der Waals surface area contributed by atoms with Crippen LogP contribution in [0.2, 0.25) is 0 Å². The highest BCUT2D eigenvalue weighted by atomic mass is 19.1. The van der Waals surface area contributed by atoms with E-state index in [9.17, 15) is 9.18 Å². The molecule has 0 unspecified atom stereocenters. The second kappa shape index (κ2) is 6.83. The zero-order valence-corrected chi connectivity index (χ0v) is 15.6. The molecule has 0 bridgehead atoms. The Bertz CT molecular complexity index is 1190. The lowest BCUT2D eigenvalue weighted by molar-refractivity contribution is -0.117. The summed E-state index contributed by atoms with van der Waals surface area (Å²) in [7, 11) is 0. The largest absolute Gasteiger partial charge is 0.325 e. The number of hydrogen-bond donors (Lipinski definition) is 1. The van der Waals surface area contributed by atoms with E-state index in [1.165, 1.54) is 12.1 Å². The van der Waals surface area contributed by atoms with Gasteiger partial charge in [-0.15, -0.1) is 0 Å². The topological polar surface area (TPSA) is 64.2 Å². The highest BCUT2D eigenvalue weighted by molar-refractivity contribution is 5.99. The minimum atomic E-state index is -0.289. The van der Waals surface area contributed by atoms with Crippen LogP contribution in [-0.4, -0.2) is 21.7 Å². The minimum Gasteiger partial charge on any atom is -0.325 e. The number of nitrogens with two attached hydrogens (primary N) is 1. The normalized spacial score (nSPS) is 19.2. The molecule has 1 aliphatic heterocycles. The molecule has 29 heavy (non-hydrogen) atoms. The van der Waals surface area contributed by atoms with Crippen LogP contribution in [0, 0.1) is 5.82 Å². The predicted molar refractivity (Wildman–Crippen MR) is 110 cm³/mol. The van der Waals surface area contributed by atoms with E-state index in [2.05, 4.69) is 5.10 Å². The van der Waals surface area contributed by atoms with Gasteiger partial charge in [-0.25, -0.2) is 9.07 Å². The Morgan fingerprint density at radius 1 is 0.966 bits per heavy atom. The van der Waals surface area contributed by atoms with Crippen LogP contribution in [0.4, 0.5) is 10.1 Å². The number of nitrogens with zero attached hydrogens (tertiary/aromatic N) is 3. The van der Waals surface area contributed by atoms with E-state index in [0.29, 0.717) is 6.42 Å². The fourth-order valence-corrected chi connectivity index (χ4v) is 4.07. The average molecular weight is 386 g/mol. The molecule has 1 aromatic heterocycles. The van der Waals surface area contributed by atoms with Gasteiger partial charge in [0.15, 0.2) is 0 Å². The summed E-state index contributed by atoms with van der Waals surface area (Å²) in [5, 5.41) is 5.34. The Labute approximate surface area is 167 Å². The third kappa shape index (κ3) is 2.98. The quantitative estimate of drug-likeness (QED) is 0.579. The molecule has 0 spiro atoms. The lowest BCUT2D eigenvalue weighted by Crippen LogP contribution is -2.33. The molecular formula is C23H19FN4O. The number of carbonyl (C=O) groups is 1. The van der Waals surface area contributed by atoms with Gasteiger partial charge in [0.25, 0.3) is 0 Å². The van der Waals surface area contributed by atoms with Crippen molar-refractivity contribution in [2.45, 2.75) is 18.5 Å². The van der Waals surface area contributed by atoms with Gasteiger partial charge in [-0.2, -0.15) is 5.10 Å². The van der Waals surface area contributed by atoms with Crippen molar-refractivity contribution in [1.29, 1.82) is 0 Å². The highest BCUT2D eigenvalue weighted by Gasteiger charge is 2.39. The zero-order chi connectivity index (χ0) is 20.0. The molecule has 5 nitrogen and oxygen atoms in total. The Balaban J connectivity index is 1.56. The van der Waals surface area contributed by atoms with Crippen LogP contribution < -0.4 is 10.6 Å². The number of aromatic nitrogens is 2. The maximum Gasteiger partial charge on any atom is 0.229 e. The van der Waals surface area contributed by atoms with Crippen molar-refractivity contribution in [3.63, 3.8) is 0 Å². The molecule has 1 amide bonds. The molecule has 4 aromatic rings. The van der Waals surface area contributed by atoms with Crippen LogP contribution in [0.25, 0.3) is 16.6 Å². The van der Waals surface area contributed by atoms with E-state index in [4.69, 9.17) is 5.73 Å². The van der Waals surface area contributed by atoms with Gasteiger partial charge < -0.3 is 10.6 Å². The number of halogens is 1. The van der Waals surface area contributed by atoms with E-state index in [1.54, 1.807) is 27.9 Å². The van der Waals surface area contributed by atoms with E-state index in [0.717, 1.165) is 27.8 Å². The summed E-state index contributed by atoms with van der Waals surface area (Å²) in [6.45, 7) is 0. The van der Waals surface area contributed by atoms with Gasteiger partial charge in [-0.3, -0.25) is 4.79 Å². The minimum absolute atomic E-state index is 0.0108. The molecule has 1 aliphatic rings. The Morgan fingerprint density at radius 2 is 1.69 bits per heavy atom. The second-order valence-corrected chi connectivity index (χ2v) is 7.26. The van der Waals surface area contributed by atoms with Crippen LogP contribution >= 0.6 is 0 Å². The summed E-state index contributed by atoms with van der Waals surface area (Å²) in [4.78, 5) is 14.5. The second-order valence-electron chi connectivity index (χ2n) is 7.26. The number of benzene rings is 3. The smallest absolute Gasteiger partial charge is 0.229 e. The third-order valence-electron chi connectivity index (χ3n) is 5.40. The number of anilines is 1. The molecule has 0 aliphatic carbocycles. The summed E-state index contributed by atoms with van der Waals surface area (Å²) in [5.74, 6) is -0.278. The van der Waals surface area contributed by atoms with Crippen molar-refractivity contribution >= 4 is 22.5 Å².